The molecule has 2 amide bonds. The van der Waals surface area contributed by atoms with Crippen LogP contribution in [0.4, 0.5) is 4.79 Å². The van der Waals surface area contributed by atoms with Gasteiger partial charge in [0, 0.05) is 32.4 Å². The number of carbonyl (C=O) groups excluding carboxylic acids is 2. The van der Waals surface area contributed by atoms with Gasteiger partial charge in [-0.15, -0.1) is 0 Å². The first kappa shape index (κ1) is 15.6. The van der Waals surface area contributed by atoms with Gasteiger partial charge >= 0.3 is 6.09 Å². The van der Waals surface area contributed by atoms with Crippen LogP contribution in [0.5, 0.6) is 0 Å². The fourth-order valence-corrected chi connectivity index (χ4v) is 2.37. The third-order valence-corrected chi connectivity index (χ3v) is 3.64. The second-order valence-electron chi connectivity index (χ2n) is 4.83. The van der Waals surface area contributed by atoms with Crippen molar-refractivity contribution in [3.05, 3.63) is 17.4 Å². The fraction of sp³-hybridized carbons (Fsp3) is 0.615. The smallest absolute Gasteiger partial charge is 0.409 e. The molecule has 1 aliphatic rings. The van der Waals surface area contributed by atoms with Crippen molar-refractivity contribution in [1.82, 2.24) is 19.6 Å². The first-order valence-electron chi connectivity index (χ1n) is 6.93. The van der Waals surface area contributed by atoms with Crippen LogP contribution in [0, 0.1) is 0 Å². The molecule has 0 N–H and O–H groups in total. The first-order valence-corrected chi connectivity index (χ1v) is 7.31. The lowest BCUT2D eigenvalue weighted by Gasteiger charge is -2.35. The van der Waals surface area contributed by atoms with Gasteiger partial charge in [-0.2, -0.15) is 5.10 Å². The van der Waals surface area contributed by atoms with Gasteiger partial charge in [0.2, 0.25) is 5.91 Å². The molecule has 0 aromatic carbocycles. The number of piperazine rings is 1. The third-order valence-electron chi connectivity index (χ3n) is 3.44. The van der Waals surface area contributed by atoms with Crippen LogP contribution in [0.15, 0.2) is 12.4 Å². The molecule has 1 aliphatic heterocycles. The van der Waals surface area contributed by atoms with E-state index in [0.29, 0.717) is 37.8 Å². The number of hydrogen-bond donors (Lipinski definition) is 0. The number of carbonyl (C=O) groups is 2. The molecule has 0 saturated carbocycles. The molecular formula is C13H19ClN4O3. The van der Waals surface area contributed by atoms with Gasteiger partial charge in [-0.25, -0.2) is 4.79 Å². The van der Waals surface area contributed by atoms with Gasteiger partial charge in [0.25, 0.3) is 0 Å². The van der Waals surface area contributed by atoms with Crippen molar-refractivity contribution in [2.45, 2.75) is 19.9 Å². The van der Waals surface area contributed by atoms with Gasteiger partial charge in [0.15, 0.2) is 0 Å². The Morgan fingerprint density at radius 2 is 1.95 bits per heavy atom. The summed E-state index contributed by atoms with van der Waals surface area (Å²) in [5.74, 6) is -0.0294. The zero-order chi connectivity index (χ0) is 15.4. The standard InChI is InChI=1S/C13H19ClN4O3/c1-3-21-13(20)17-6-4-16(5-7-17)12(19)10(2)18-9-11(14)8-15-18/h8-10H,3-7H2,1-2H3. The van der Waals surface area contributed by atoms with Crippen molar-refractivity contribution in [3.63, 3.8) is 0 Å². The highest BCUT2D eigenvalue weighted by atomic mass is 35.5. The number of rotatable bonds is 3. The maximum Gasteiger partial charge on any atom is 0.409 e. The van der Waals surface area contributed by atoms with Crippen LogP contribution in [0.25, 0.3) is 0 Å². The average molecular weight is 315 g/mol. The lowest BCUT2D eigenvalue weighted by Crippen LogP contribution is -2.52. The summed E-state index contributed by atoms with van der Waals surface area (Å²) in [5.41, 5.74) is 0. The minimum absolute atomic E-state index is 0.0294. The van der Waals surface area contributed by atoms with Crippen LogP contribution in [-0.4, -0.2) is 64.4 Å². The number of ether oxygens (including phenoxy) is 1. The molecule has 1 atom stereocenters. The van der Waals surface area contributed by atoms with Gasteiger partial charge in [0.1, 0.15) is 6.04 Å². The Labute approximate surface area is 128 Å². The summed E-state index contributed by atoms with van der Waals surface area (Å²) < 4.78 is 6.50. The molecule has 0 spiro atoms. The normalized spacial score (nSPS) is 16.7. The summed E-state index contributed by atoms with van der Waals surface area (Å²) in [6, 6.07) is -0.411. The highest BCUT2D eigenvalue weighted by Crippen LogP contribution is 2.15. The Balaban J connectivity index is 1.89. The molecule has 8 heteroatoms. The summed E-state index contributed by atoms with van der Waals surface area (Å²) in [6.07, 6.45) is 2.81. The van der Waals surface area contributed by atoms with Crippen molar-refractivity contribution < 1.29 is 14.3 Å². The molecule has 0 aliphatic carbocycles. The van der Waals surface area contributed by atoms with Gasteiger partial charge in [-0.3, -0.25) is 9.48 Å². The summed E-state index contributed by atoms with van der Waals surface area (Å²) in [7, 11) is 0. The lowest BCUT2D eigenvalue weighted by atomic mass is 10.2. The number of hydrogen-bond acceptors (Lipinski definition) is 4. The summed E-state index contributed by atoms with van der Waals surface area (Å²) in [5, 5.41) is 4.55. The van der Waals surface area contributed by atoms with Crippen LogP contribution in [0.2, 0.25) is 5.02 Å². The molecule has 2 heterocycles. The SMILES string of the molecule is CCOC(=O)N1CCN(C(=O)C(C)n2cc(Cl)cn2)CC1. The Hall–Kier alpha value is -1.76. The van der Waals surface area contributed by atoms with Gasteiger partial charge in [-0.1, -0.05) is 11.6 Å². The molecule has 1 aromatic rings. The van der Waals surface area contributed by atoms with Crippen molar-refractivity contribution in [2.24, 2.45) is 0 Å². The van der Waals surface area contributed by atoms with Crippen LogP contribution in [-0.2, 0) is 9.53 Å². The predicted octanol–water partition coefficient (Wildman–Crippen LogP) is 1.40. The largest absolute Gasteiger partial charge is 0.450 e. The monoisotopic (exact) mass is 314 g/mol. The minimum Gasteiger partial charge on any atom is -0.450 e. The topological polar surface area (TPSA) is 67.7 Å². The quantitative estimate of drug-likeness (QED) is 0.845. The van der Waals surface area contributed by atoms with Crippen molar-refractivity contribution >= 4 is 23.6 Å². The molecule has 1 fully saturated rings. The van der Waals surface area contributed by atoms with Crippen molar-refractivity contribution in [1.29, 1.82) is 0 Å². The Bertz CT molecular complexity index is 511. The fourth-order valence-electron chi connectivity index (χ4n) is 2.23. The van der Waals surface area contributed by atoms with E-state index >= 15 is 0 Å². The molecule has 116 valence electrons. The van der Waals surface area contributed by atoms with E-state index in [4.69, 9.17) is 16.3 Å². The van der Waals surface area contributed by atoms with E-state index < -0.39 is 6.04 Å². The van der Waals surface area contributed by atoms with Crippen LogP contribution < -0.4 is 0 Å². The maximum absolute atomic E-state index is 12.4. The van der Waals surface area contributed by atoms with Crippen molar-refractivity contribution in [2.75, 3.05) is 32.8 Å². The lowest BCUT2D eigenvalue weighted by molar-refractivity contribution is -0.136. The first-order chi connectivity index (χ1) is 10.0. The minimum atomic E-state index is -0.411. The molecule has 7 nitrogen and oxygen atoms in total. The zero-order valence-corrected chi connectivity index (χ0v) is 12.9. The van der Waals surface area contributed by atoms with Crippen LogP contribution >= 0.6 is 11.6 Å². The Morgan fingerprint density at radius 3 is 2.48 bits per heavy atom. The number of halogens is 1. The maximum atomic E-state index is 12.4. The number of amides is 2. The van der Waals surface area contributed by atoms with E-state index in [2.05, 4.69) is 5.10 Å². The second kappa shape index (κ2) is 6.80. The van der Waals surface area contributed by atoms with E-state index in [1.807, 2.05) is 0 Å². The molecule has 1 saturated heterocycles. The second-order valence-corrected chi connectivity index (χ2v) is 5.26. The van der Waals surface area contributed by atoms with Gasteiger partial charge in [0.05, 0.1) is 17.8 Å². The zero-order valence-electron chi connectivity index (χ0n) is 12.2. The highest BCUT2D eigenvalue weighted by Gasteiger charge is 2.28. The molecular weight excluding hydrogens is 296 g/mol. The van der Waals surface area contributed by atoms with E-state index in [9.17, 15) is 9.59 Å². The van der Waals surface area contributed by atoms with E-state index in [0.717, 1.165) is 0 Å². The summed E-state index contributed by atoms with van der Waals surface area (Å²) in [6.45, 7) is 5.87. The third kappa shape index (κ3) is 3.66. The van der Waals surface area contributed by atoms with E-state index in [-0.39, 0.29) is 12.0 Å². The van der Waals surface area contributed by atoms with E-state index in [1.54, 1.807) is 34.5 Å². The van der Waals surface area contributed by atoms with Gasteiger partial charge in [-0.05, 0) is 13.8 Å². The molecule has 21 heavy (non-hydrogen) atoms. The molecule has 0 bridgehead atoms. The predicted molar refractivity (Wildman–Crippen MR) is 77.1 cm³/mol. The average Bonchev–Trinajstić information content (AvgIpc) is 2.92. The highest BCUT2D eigenvalue weighted by molar-refractivity contribution is 6.30. The van der Waals surface area contributed by atoms with Gasteiger partial charge < -0.3 is 14.5 Å². The van der Waals surface area contributed by atoms with Crippen LogP contribution in [0.1, 0.15) is 19.9 Å². The van der Waals surface area contributed by atoms with Crippen molar-refractivity contribution in [3.8, 4) is 0 Å². The number of nitrogens with zero attached hydrogens (tertiary/aromatic N) is 4. The van der Waals surface area contributed by atoms with E-state index in [1.165, 1.54) is 6.20 Å². The molecule has 0 radical (unpaired) electrons. The number of aromatic nitrogens is 2. The summed E-state index contributed by atoms with van der Waals surface area (Å²) in [4.78, 5) is 27.3. The summed E-state index contributed by atoms with van der Waals surface area (Å²) >= 11 is 5.81. The molecule has 2 rings (SSSR count). The van der Waals surface area contributed by atoms with Crippen LogP contribution in [0.3, 0.4) is 0 Å². The molecule has 1 unspecified atom stereocenters. The Morgan fingerprint density at radius 1 is 1.33 bits per heavy atom. The molecule has 1 aromatic heterocycles. The Kier molecular flexibility index (Phi) is 5.06.